The maximum atomic E-state index is 12.4. The van der Waals surface area contributed by atoms with E-state index in [0.717, 1.165) is 25.7 Å². The quantitative estimate of drug-likeness (QED) is 0.726. The van der Waals surface area contributed by atoms with E-state index in [-0.39, 0.29) is 24.1 Å². The zero-order valence-corrected chi connectivity index (χ0v) is 11.9. The van der Waals surface area contributed by atoms with Crippen LogP contribution < -0.4 is 0 Å². The molecule has 0 aromatic heterocycles. The molecule has 0 aromatic carbocycles. The van der Waals surface area contributed by atoms with Gasteiger partial charge in [-0.25, -0.2) is 4.79 Å². The zero-order valence-electron chi connectivity index (χ0n) is 11.9. The van der Waals surface area contributed by atoms with Gasteiger partial charge in [0.2, 0.25) is 5.91 Å². The highest BCUT2D eigenvalue weighted by Crippen LogP contribution is 2.37. The van der Waals surface area contributed by atoms with Crippen molar-refractivity contribution in [3.05, 3.63) is 0 Å². The third-order valence-electron chi connectivity index (χ3n) is 4.07. The second-order valence-corrected chi connectivity index (χ2v) is 6.86. The minimum atomic E-state index is -0.507. The smallest absolute Gasteiger partial charge is 0.411 e. The number of hydrogen-bond donors (Lipinski definition) is 0. The normalized spacial score (nSPS) is 30.8. The summed E-state index contributed by atoms with van der Waals surface area (Å²) < 4.78 is 5.43. The van der Waals surface area contributed by atoms with Crippen LogP contribution in [-0.4, -0.2) is 52.1 Å². The van der Waals surface area contributed by atoms with Gasteiger partial charge in [-0.2, -0.15) is 0 Å². The van der Waals surface area contributed by atoms with Crippen LogP contribution in [0.15, 0.2) is 0 Å². The number of rotatable bonds is 1. The molecule has 106 valence electrons. The summed E-state index contributed by atoms with van der Waals surface area (Å²) in [5.41, 5.74) is -0.507. The number of piperazine rings is 1. The molecule has 3 aliphatic rings. The summed E-state index contributed by atoms with van der Waals surface area (Å²) in [7, 11) is 0. The maximum absolute atomic E-state index is 12.4. The highest BCUT2D eigenvalue weighted by Gasteiger charge is 2.51. The van der Waals surface area contributed by atoms with Crippen molar-refractivity contribution >= 4 is 12.0 Å². The van der Waals surface area contributed by atoms with Crippen LogP contribution in [0.4, 0.5) is 4.79 Å². The molecule has 3 rings (SSSR count). The Morgan fingerprint density at radius 3 is 2.37 bits per heavy atom. The molecule has 0 aromatic rings. The predicted molar refractivity (Wildman–Crippen MR) is 69.6 cm³/mol. The van der Waals surface area contributed by atoms with E-state index < -0.39 is 5.60 Å². The Hall–Kier alpha value is -1.26. The van der Waals surface area contributed by atoms with E-state index in [2.05, 4.69) is 0 Å². The van der Waals surface area contributed by atoms with Gasteiger partial charge in [0, 0.05) is 12.6 Å². The van der Waals surface area contributed by atoms with Crippen LogP contribution in [0.3, 0.4) is 0 Å². The van der Waals surface area contributed by atoms with Crippen molar-refractivity contribution in [2.24, 2.45) is 0 Å². The van der Waals surface area contributed by atoms with Crippen LogP contribution >= 0.6 is 0 Å². The Kier molecular flexibility index (Phi) is 2.76. The second-order valence-electron chi connectivity index (χ2n) is 6.86. The third-order valence-corrected chi connectivity index (χ3v) is 4.07. The Balaban J connectivity index is 1.74. The highest BCUT2D eigenvalue weighted by molar-refractivity contribution is 5.88. The van der Waals surface area contributed by atoms with Gasteiger partial charge in [0.05, 0.1) is 6.04 Å². The first-order valence-electron chi connectivity index (χ1n) is 7.18. The lowest BCUT2D eigenvalue weighted by Gasteiger charge is -2.40. The Bertz CT molecular complexity index is 411. The van der Waals surface area contributed by atoms with Crippen LogP contribution in [0, 0.1) is 0 Å². The van der Waals surface area contributed by atoms with Crippen LogP contribution in [0.1, 0.15) is 46.5 Å². The van der Waals surface area contributed by atoms with Gasteiger partial charge in [0.1, 0.15) is 11.6 Å². The van der Waals surface area contributed by atoms with Gasteiger partial charge >= 0.3 is 6.09 Å². The lowest BCUT2D eigenvalue weighted by Crippen LogP contribution is -2.60. The fraction of sp³-hybridized carbons (Fsp3) is 0.857. The first-order chi connectivity index (χ1) is 8.87. The van der Waals surface area contributed by atoms with Gasteiger partial charge < -0.3 is 9.64 Å². The average molecular weight is 266 g/mol. The van der Waals surface area contributed by atoms with E-state index in [9.17, 15) is 9.59 Å². The van der Waals surface area contributed by atoms with Crippen LogP contribution in [0.2, 0.25) is 0 Å². The SMILES string of the molecule is CC(C)(C)OC(=O)N1[C@@H]2CC[C@H]1C(=O)N(C1CC1)C2. The topological polar surface area (TPSA) is 49.9 Å². The van der Waals surface area contributed by atoms with Crippen molar-refractivity contribution in [3.8, 4) is 0 Å². The van der Waals surface area contributed by atoms with Crippen LogP contribution in [0.25, 0.3) is 0 Å². The fourth-order valence-corrected chi connectivity index (χ4v) is 3.12. The summed E-state index contributed by atoms with van der Waals surface area (Å²) >= 11 is 0. The Labute approximate surface area is 113 Å². The molecule has 0 N–H and O–H groups in total. The van der Waals surface area contributed by atoms with E-state index in [0.29, 0.717) is 12.6 Å². The van der Waals surface area contributed by atoms with E-state index in [4.69, 9.17) is 4.74 Å². The summed E-state index contributed by atoms with van der Waals surface area (Å²) in [4.78, 5) is 28.3. The first kappa shape index (κ1) is 12.8. The molecule has 2 heterocycles. The molecule has 2 saturated heterocycles. The summed E-state index contributed by atoms with van der Waals surface area (Å²) in [5.74, 6) is 0.127. The molecular weight excluding hydrogens is 244 g/mol. The number of carbonyl (C=O) groups excluding carboxylic acids is 2. The molecule has 2 aliphatic heterocycles. The maximum Gasteiger partial charge on any atom is 0.411 e. The van der Waals surface area contributed by atoms with Crippen molar-refractivity contribution in [2.75, 3.05) is 6.54 Å². The molecule has 2 atom stereocenters. The number of carbonyl (C=O) groups is 2. The number of likely N-dealkylation sites (tertiary alicyclic amines) is 1. The van der Waals surface area contributed by atoms with Gasteiger partial charge in [-0.3, -0.25) is 9.69 Å². The average Bonchev–Trinajstić information content (AvgIpc) is 3.04. The molecule has 0 unspecified atom stereocenters. The molecule has 0 radical (unpaired) electrons. The van der Waals surface area contributed by atoms with Crippen LogP contribution in [0.5, 0.6) is 0 Å². The van der Waals surface area contributed by atoms with E-state index in [1.54, 1.807) is 4.90 Å². The molecule has 0 spiro atoms. The number of amides is 2. The largest absolute Gasteiger partial charge is 0.444 e. The van der Waals surface area contributed by atoms with Gasteiger partial charge in [-0.15, -0.1) is 0 Å². The lowest BCUT2D eigenvalue weighted by atomic mass is 10.1. The Morgan fingerprint density at radius 1 is 1.16 bits per heavy atom. The highest BCUT2D eigenvalue weighted by atomic mass is 16.6. The van der Waals surface area contributed by atoms with E-state index in [1.165, 1.54) is 0 Å². The molecule has 5 heteroatoms. The van der Waals surface area contributed by atoms with Crippen molar-refractivity contribution in [1.29, 1.82) is 0 Å². The standard InChI is InChI=1S/C14H22N2O3/c1-14(2,3)19-13(18)16-10-6-7-11(16)12(17)15(8-10)9-4-5-9/h9-11H,4-8H2,1-3H3/t10-,11+/m1/s1. The van der Waals surface area contributed by atoms with Crippen molar-refractivity contribution < 1.29 is 14.3 Å². The minimum absolute atomic E-state index is 0.127. The summed E-state index contributed by atoms with van der Waals surface area (Å²) in [6, 6.07) is 0.309. The molecule has 3 fully saturated rings. The van der Waals surface area contributed by atoms with Gasteiger partial charge in [0.25, 0.3) is 0 Å². The van der Waals surface area contributed by atoms with Crippen molar-refractivity contribution in [1.82, 2.24) is 9.80 Å². The zero-order chi connectivity index (χ0) is 13.8. The summed E-state index contributed by atoms with van der Waals surface area (Å²) in [5, 5.41) is 0. The summed E-state index contributed by atoms with van der Waals surface area (Å²) in [6.07, 6.45) is 3.61. The second kappa shape index (κ2) is 4.12. The number of fused-ring (bicyclic) bond motifs is 2. The molecule has 19 heavy (non-hydrogen) atoms. The first-order valence-corrected chi connectivity index (χ1v) is 7.18. The molecule has 2 bridgehead atoms. The Morgan fingerprint density at radius 2 is 1.79 bits per heavy atom. The molecule has 1 saturated carbocycles. The monoisotopic (exact) mass is 266 g/mol. The van der Waals surface area contributed by atoms with E-state index >= 15 is 0 Å². The molecule has 2 amide bonds. The van der Waals surface area contributed by atoms with Gasteiger partial charge in [-0.05, 0) is 46.5 Å². The molecule has 1 aliphatic carbocycles. The van der Waals surface area contributed by atoms with Gasteiger partial charge in [-0.1, -0.05) is 0 Å². The van der Waals surface area contributed by atoms with Crippen molar-refractivity contribution in [2.45, 2.75) is 70.2 Å². The fourth-order valence-electron chi connectivity index (χ4n) is 3.12. The van der Waals surface area contributed by atoms with Crippen molar-refractivity contribution in [3.63, 3.8) is 0 Å². The third kappa shape index (κ3) is 2.30. The number of hydrogen-bond acceptors (Lipinski definition) is 3. The lowest BCUT2D eigenvalue weighted by molar-refractivity contribution is -0.141. The number of ether oxygens (including phenoxy) is 1. The van der Waals surface area contributed by atoms with Gasteiger partial charge in [0.15, 0.2) is 0 Å². The number of nitrogens with zero attached hydrogens (tertiary/aromatic N) is 2. The predicted octanol–water partition coefficient (Wildman–Crippen LogP) is 1.76. The van der Waals surface area contributed by atoms with Crippen LogP contribution in [-0.2, 0) is 9.53 Å². The molecular formula is C14H22N2O3. The summed E-state index contributed by atoms with van der Waals surface area (Å²) in [6.45, 7) is 6.26. The molecule has 5 nitrogen and oxygen atoms in total. The minimum Gasteiger partial charge on any atom is -0.444 e. The van der Waals surface area contributed by atoms with E-state index in [1.807, 2.05) is 25.7 Å².